The Morgan fingerprint density at radius 1 is 0.500 bits per heavy atom. The minimum atomic E-state index is -0.367. The topological polar surface area (TPSA) is 52.6 Å². The van der Waals surface area contributed by atoms with Crippen LogP contribution in [0, 0.1) is 0 Å². The van der Waals surface area contributed by atoms with Crippen molar-refractivity contribution in [2.75, 3.05) is 13.2 Å². The summed E-state index contributed by atoms with van der Waals surface area (Å²) >= 11 is 0. The number of hydrogen-bond acceptors (Lipinski definition) is 4. The summed E-state index contributed by atoms with van der Waals surface area (Å²) in [5.74, 6) is -0.733. The van der Waals surface area contributed by atoms with Gasteiger partial charge in [-0.05, 0) is 30.4 Å². The van der Waals surface area contributed by atoms with Crippen molar-refractivity contribution in [2.45, 2.75) is 129 Å². The summed E-state index contributed by atoms with van der Waals surface area (Å²) in [7, 11) is 0. The molecule has 0 spiro atoms. The molecule has 38 heavy (non-hydrogen) atoms. The molecule has 0 aliphatic heterocycles. The zero-order chi connectivity index (χ0) is 27.3. The first-order valence-electron chi connectivity index (χ1n) is 15.5. The fourth-order valence-electron chi connectivity index (χ4n) is 4.99. The SMILES string of the molecule is CCCCCCCCCCCCOC(=O)c1cccc2cccc(C(=O)OCCCCCCCCCC)c12. The number of ether oxygens (including phenoxy) is 2. The number of carbonyl (C=O) groups excluding carboxylic acids is 2. The lowest BCUT2D eigenvalue weighted by Gasteiger charge is -2.12. The van der Waals surface area contributed by atoms with Gasteiger partial charge < -0.3 is 9.47 Å². The number of rotatable bonds is 22. The first-order valence-corrected chi connectivity index (χ1v) is 15.5. The highest BCUT2D eigenvalue weighted by molar-refractivity contribution is 6.13. The normalized spacial score (nSPS) is 11.1. The molecule has 4 nitrogen and oxygen atoms in total. The lowest BCUT2D eigenvalue weighted by molar-refractivity contribution is 0.0498. The number of benzene rings is 2. The Kier molecular flexibility index (Phi) is 17.3. The second-order valence-corrected chi connectivity index (χ2v) is 10.6. The third-order valence-electron chi connectivity index (χ3n) is 7.31. The zero-order valence-electron chi connectivity index (χ0n) is 24.2. The second kappa shape index (κ2) is 20.6. The third kappa shape index (κ3) is 12.5. The van der Waals surface area contributed by atoms with Crippen molar-refractivity contribution in [3.05, 3.63) is 47.5 Å². The molecule has 2 aromatic rings. The van der Waals surface area contributed by atoms with Gasteiger partial charge in [0.05, 0.1) is 24.3 Å². The van der Waals surface area contributed by atoms with Crippen LogP contribution in [-0.2, 0) is 9.47 Å². The maximum atomic E-state index is 12.9. The van der Waals surface area contributed by atoms with E-state index in [1.54, 1.807) is 12.1 Å². The fraction of sp³-hybridized carbons (Fsp3) is 0.647. The maximum Gasteiger partial charge on any atom is 0.338 e. The Bertz CT molecular complexity index is 915. The molecular weight excluding hydrogens is 472 g/mol. The molecule has 0 unspecified atom stereocenters. The van der Waals surface area contributed by atoms with E-state index >= 15 is 0 Å². The van der Waals surface area contributed by atoms with Crippen LogP contribution < -0.4 is 0 Å². The van der Waals surface area contributed by atoms with Crippen LogP contribution in [0.2, 0.25) is 0 Å². The van der Waals surface area contributed by atoms with Gasteiger partial charge in [-0.2, -0.15) is 0 Å². The summed E-state index contributed by atoms with van der Waals surface area (Å²) in [5.41, 5.74) is 0.878. The number of carbonyl (C=O) groups is 2. The first-order chi connectivity index (χ1) is 18.7. The van der Waals surface area contributed by atoms with Gasteiger partial charge in [-0.25, -0.2) is 9.59 Å². The highest BCUT2D eigenvalue weighted by atomic mass is 16.5. The van der Waals surface area contributed by atoms with Crippen molar-refractivity contribution < 1.29 is 19.1 Å². The highest BCUT2D eigenvalue weighted by Crippen LogP contribution is 2.25. The van der Waals surface area contributed by atoms with E-state index in [2.05, 4.69) is 13.8 Å². The monoisotopic (exact) mass is 524 g/mol. The average molecular weight is 525 g/mol. The highest BCUT2D eigenvalue weighted by Gasteiger charge is 2.19. The Morgan fingerprint density at radius 2 is 0.842 bits per heavy atom. The average Bonchev–Trinajstić information content (AvgIpc) is 2.94. The molecule has 0 bridgehead atoms. The molecule has 0 aromatic heterocycles. The van der Waals surface area contributed by atoms with Crippen LogP contribution in [0.4, 0.5) is 0 Å². The zero-order valence-corrected chi connectivity index (χ0v) is 24.2. The van der Waals surface area contributed by atoms with E-state index in [0.717, 1.165) is 31.1 Å². The quantitative estimate of drug-likeness (QED) is 0.114. The summed E-state index contributed by atoms with van der Waals surface area (Å²) < 4.78 is 11.2. The molecule has 0 amide bonds. The molecule has 2 rings (SSSR count). The fourth-order valence-corrected chi connectivity index (χ4v) is 4.99. The van der Waals surface area contributed by atoms with Crippen LogP contribution in [0.5, 0.6) is 0 Å². The van der Waals surface area contributed by atoms with Crippen molar-refractivity contribution in [3.8, 4) is 0 Å². The van der Waals surface area contributed by atoms with Gasteiger partial charge in [-0.15, -0.1) is 0 Å². The summed E-state index contributed by atoms with van der Waals surface area (Å²) in [6, 6.07) is 11.0. The van der Waals surface area contributed by atoms with Gasteiger partial charge >= 0.3 is 11.9 Å². The van der Waals surface area contributed by atoms with Gasteiger partial charge in [0.15, 0.2) is 0 Å². The van der Waals surface area contributed by atoms with Gasteiger partial charge in [0.1, 0.15) is 0 Å². The van der Waals surface area contributed by atoms with E-state index in [1.165, 1.54) is 89.9 Å². The molecule has 0 N–H and O–H groups in total. The predicted molar refractivity (Wildman–Crippen MR) is 159 cm³/mol. The summed E-state index contributed by atoms with van der Waals surface area (Å²) in [5, 5.41) is 1.48. The predicted octanol–water partition coefficient (Wildman–Crippen LogP) is 10.2. The van der Waals surface area contributed by atoms with Gasteiger partial charge in [0, 0.05) is 5.39 Å². The van der Waals surface area contributed by atoms with Crippen molar-refractivity contribution >= 4 is 22.7 Å². The molecule has 0 atom stereocenters. The summed E-state index contributed by atoms with van der Waals surface area (Å²) in [6.45, 7) is 5.31. The van der Waals surface area contributed by atoms with Crippen LogP contribution in [0.15, 0.2) is 36.4 Å². The molecule has 0 saturated heterocycles. The largest absolute Gasteiger partial charge is 0.462 e. The first kappa shape index (κ1) is 31.9. The molecule has 0 aliphatic carbocycles. The van der Waals surface area contributed by atoms with Crippen LogP contribution in [0.1, 0.15) is 150 Å². The van der Waals surface area contributed by atoms with Gasteiger partial charge in [0.25, 0.3) is 0 Å². The summed E-state index contributed by atoms with van der Waals surface area (Å²) in [4.78, 5) is 25.9. The Labute approximate surface area is 231 Å². The van der Waals surface area contributed by atoms with Crippen molar-refractivity contribution in [3.63, 3.8) is 0 Å². The number of fused-ring (bicyclic) bond motifs is 1. The van der Waals surface area contributed by atoms with E-state index in [9.17, 15) is 9.59 Å². The van der Waals surface area contributed by atoms with E-state index in [1.807, 2.05) is 24.3 Å². The van der Waals surface area contributed by atoms with Gasteiger partial charge in [0.2, 0.25) is 0 Å². The molecule has 0 fully saturated rings. The molecule has 2 aromatic carbocycles. The lowest BCUT2D eigenvalue weighted by atomic mass is 9.99. The molecule has 0 aliphatic rings. The molecular formula is C34H52O4. The maximum absolute atomic E-state index is 12.9. The minimum Gasteiger partial charge on any atom is -0.462 e. The van der Waals surface area contributed by atoms with Gasteiger partial charge in [-0.3, -0.25) is 0 Å². The van der Waals surface area contributed by atoms with E-state index in [0.29, 0.717) is 29.7 Å². The van der Waals surface area contributed by atoms with Crippen LogP contribution in [0.25, 0.3) is 10.8 Å². The van der Waals surface area contributed by atoms with Crippen molar-refractivity contribution in [1.29, 1.82) is 0 Å². The second-order valence-electron chi connectivity index (χ2n) is 10.6. The molecule has 4 heteroatoms. The number of unbranched alkanes of at least 4 members (excludes halogenated alkanes) is 16. The standard InChI is InChI=1S/C34H52O4/c1-3-5-7-9-11-13-14-16-18-20-28-38-34(36)31-26-22-24-29-23-21-25-30(32(29)31)33(35)37-27-19-17-15-12-10-8-6-4-2/h21-26H,3-20,27-28H2,1-2H3. The number of hydrogen-bond donors (Lipinski definition) is 0. The van der Waals surface area contributed by atoms with Crippen molar-refractivity contribution in [1.82, 2.24) is 0 Å². The van der Waals surface area contributed by atoms with E-state index in [-0.39, 0.29) is 11.9 Å². The Morgan fingerprint density at radius 3 is 1.21 bits per heavy atom. The molecule has 0 saturated carbocycles. The smallest absolute Gasteiger partial charge is 0.338 e. The molecule has 212 valence electrons. The Balaban J connectivity index is 1.76. The molecule has 0 radical (unpaired) electrons. The lowest BCUT2D eigenvalue weighted by Crippen LogP contribution is -2.11. The van der Waals surface area contributed by atoms with E-state index < -0.39 is 0 Å². The van der Waals surface area contributed by atoms with Gasteiger partial charge in [-0.1, -0.05) is 141 Å². The van der Waals surface area contributed by atoms with E-state index in [4.69, 9.17) is 9.47 Å². The van der Waals surface area contributed by atoms with Crippen LogP contribution in [-0.4, -0.2) is 25.2 Å². The molecule has 0 heterocycles. The van der Waals surface area contributed by atoms with Crippen LogP contribution in [0.3, 0.4) is 0 Å². The third-order valence-corrected chi connectivity index (χ3v) is 7.31. The van der Waals surface area contributed by atoms with Crippen molar-refractivity contribution in [2.24, 2.45) is 0 Å². The summed E-state index contributed by atoms with van der Waals surface area (Å²) in [6.07, 6.45) is 22.0. The number of esters is 2. The Hall–Kier alpha value is -2.36. The van der Waals surface area contributed by atoms with Crippen LogP contribution >= 0.6 is 0 Å². The minimum absolute atomic E-state index is 0.366.